The summed E-state index contributed by atoms with van der Waals surface area (Å²) < 4.78 is 11.0. The molecule has 2 N–H and O–H groups in total. The molecule has 0 unspecified atom stereocenters. The summed E-state index contributed by atoms with van der Waals surface area (Å²) in [6, 6.07) is 5.33. The van der Waals surface area contributed by atoms with Crippen LogP contribution in [-0.2, 0) is 11.3 Å². The Morgan fingerprint density at radius 1 is 1.30 bits per heavy atom. The van der Waals surface area contributed by atoms with Gasteiger partial charge in [0.05, 0.1) is 34.5 Å². The number of hydrogen-bond acceptors (Lipinski definition) is 5. The SMILES string of the molecule is COCc1nc(-c2c(Cl)cccc2OC)nc(N)c1Br. The lowest BCUT2D eigenvalue weighted by atomic mass is 10.2. The van der Waals surface area contributed by atoms with Crippen LogP contribution in [0, 0.1) is 0 Å². The highest BCUT2D eigenvalue weighted by molar-refractivity contribution is 9.10. The monoisotopic (exact) mass is 357 g/mol. The summed E-state index contributed by atoms with van der Waals surface area (Å²) in [7, 11) is 3.15. The third-order valence-corrected chi connectivity index (χ3v) is 3.82. The molecule has 0 radical (unpaired) electrons. The van der Waals surface area contributed by atoms with Crippen LogP contribution >= 0.6 is 27.5 Å². The molecule has 20 heavy (non-hydrogen) atoms. The number of aromatic nitrogens is 2. The Balaban J connectivity index is 2.64. The minimum Gasteiger partial charge on any atom is -0.496 e. The zero-order valence-corrected chi connectivity index (χ0v) is 13.3. The van der Waals surface area contributed by atoms with Crippen molar-refractivity contribution in [2.75, 3.05) is 20.0 Å². The van der Waals surface area contributed by atoms with E-state index in [1.54, 1.807) is 32.4 Å². The van der Waals surface area contributed by atoms with Gasteiger partial charge in [-0.05, 0) is 28.1 Å². The lowest BCUT2D eigenvalue weighted by Gasteiger charge is -2.12. The zero-order valence-electron chi connectivity index (χ0n) is 11.0. The Morgan fingerprint density at radius 3 is 2.70 bits per heavy atom. The topological polar surface area (TPSA) is 70.3 Å². The molecule has 1 heterocycles. The van der Waals surface area contributed by atoms with Crippen LogP contribution in [0.15, 0.2) is 22.7 Å². The van der Waals surface area contributed by atoms with E-state index in [9.17, 15) is 0 Å². The van der Waals surface area contributed by atoms with Crippen molar-refractivity contribution in [2.45, 2.75) is 6.61 Å². The Bertz CT molecular complexity index is 637. The van der Waals surface area contributed by atoms with Crippen molar-refractivity contribution < 1.29 is 9.47 Å². The summed E-state index contributed by atoms with van der Waals surface area (Å²) in [5.74, 6) is 1.31. The van der Waals surface area contributed by atoms with Crippen LogP contribution in [0.4, 0.5) is 5.82 Å². The molecule has 0 saturated carbocycles. The standard InChI is InChI=1S/C13H13BrClN3O2/c1-19-6-8-11(14)12(16)18-13(17-8)10-7(15)4-3-5-9(10)20-2/h3-5H,6H2,1-2H3,(H2,16,17,18). The highest BCUT2D eigenvalue weighted by atomic mass is 79.9. The normalized spacial score (nSPS) is 10.6. The summed E-state index contributed by atoms with van der Waals surface area (Å²) >= 11 is 9.57. The average Bonchev–Trinajstić information content (AvgIpc) is 2.43. The Morgan fingerprint density at radius 2 is 2.05 bits per heavy atom. The Kier molecular flexibility index (Phi) is 4.80. The number of nitrogens with two attached hydrogens (primary N) is 1. The first-order valence-corrected chi connectivity index (χ1v) is 6.89. The molecule has 5 nitrogen and oxygen atoms in total. The van der Waals surface area contributed by atoms with Crippen molar-refractivity contribution in [2.24, 2.45) is 0 Å². The van der Waals surface area contributed by atoms with Gasteiger partial charge in [0, 0.05) is 7.11 Å². The van der Waals surface area contributed by atoms with Crippen molar-refractivity contribution in [1.29, 1.82) is 0 Å². The molecule has 2 aromatic rings. The van der Waals surface area contributed by atoms with Gasteiger partial charge in [-0.3, -0.25) is 0 Å². The molecule has 106 valence electrons. The van der Waals surface area contributed by atoms with E-state index in [1.165, 1.54) is 0 Å². The molecule has 0 bridgehead atoms. The van der Waals surface area contributed by atoms with Crippen LogP contribution < -0.4 is 10.5 Å². The van der Waals surface area contributed by atoms with Crippen molar-refractivity contribution in [3.8, 4) is 17.1 Å². The van der Waals surface area contributed by atoms with Crippen molar-refractivity contribution in [3.63, 3.8) is 0 Å². The first-order valence-electron chi connectivity index (χ1n) is 5.72. The van der Waals surface area contributed by atoms with E-state index in [-0.39, 0.29) is 0 Å². The molecule has 0 amide bonds. The van der Waals surface area contributed by atoms with E-state index in [4.69, 9.17) is 26.8 Å². The molecule has 0 spiro atoms. The maximum absolute atomic E-state index is 6.22. The van der Waals surface area contributed by atoms with Gasteiger partial charge >= 0.3 is 0 Å². The molecule has 0 aliphatic rings. The minimum absolute atomic E-state index is 0.313. The minimum atomic E-state index is 0.313. The number of halogens is 2. The van der Waals surface area contributed by atoms with Gasteiger partial charge in [0.15, 0.2) is 5.82 Å². The number of anilines is 1. The van der Waals surface area contributed by atoms with Gasteiger partial charge in [-0.15, -0.1) is 0 Å². The van der Waals surface area contributed by atoms with Crippen LogP contribution in [-0.4, -0.2) is 24.2 Å². The largest absolute Gasteiger partial charge is 0.496 e. The molecular weight excluding hydrogens is 346 g/mol. The number of rotatable bonds is 4. The fourth-order valence-electron chi connectivity index (χ4n) is 1.75. The molecule has 0 aliphatic carbocycles. The zero-order chi connectivity index (χ0) is 14.7. The highest BCUT2D eigenvalue weighted by Crippen LogP contribution is 2.36. The van der Waals surface area contributed by atoms with Crippen LogP contribution in [0.3, 0.4) is 0 Å². The maximum Gasteiger partial charge on any atom is 0.167 e. The van der Waals surface area contributed by atoms with Gasteiger partial charge in [0.2, 0.25) is 0 Å². The summed E-state index contributed by atoms with van der Waals surface area (Å²) in [5.41, 5.74) is 7.15. The predicted molar refractivity (Wildman–Crippen MR) is 81.9 cm³/mol. The molecule has 1 aromatic carbocycles. The molecule has 0 fully saturated rings. The molecule has 1 aromatic heterocycles. The number of nitrogen functional groups attached to an aromatic ring is 1. The lowest BCUT2D eigenvalue weighted by Crippen LogP contribution is -2.04. The van der Waals surface area contributed by atoms with E-state index in [2.05, 4.69) is 25.9 Å². The third kappa shape index (κ3) is 2.87. The number of hydrogen-bond donors (Lipinski definition) is 1. The van der Waals surface area contributed by atoms with Gasteiger partial charge < -0.3 is 15.2 Å². The number of benzene rings is 1. The second-order valence-electron chi connectivity index (χ2n) is 3.94. The van der Waals surface area contributed by atoms with Gasteiger partial charge in [-0.25, -0.2) is 9.97 Å². The van der Waals surface area contributed by atoms with E-state index < -0.39 is 0 Å². The van der Waals surface area contributed by atoms with E-state index in [0.717, 1.165) is 0 Å². The van der Waals surface area contributed by atoms with Gasteiger partial charge in [0.1, 0.15) is 11.6 Å². The Labute approximate surface area is 130 Å². The maximum atomic E-state index is 6.22. The second kappa shape index (κ2) is 6.39. The first-order chi connectivity index (χ1) is 9.58. The van der Waals surface area contributed by atoms with Crippen LogP contribution in [0.1, 0.15) is 5.69 Å². The average molecular weight is 359 g/mol. The van der Waals surface area contributed by atoms with Gasteiger partial charge in [0.25, 0.3) is 0 Å². The molecule has 7 heteroatoms. The van der Waals surface area contributed by atoms with E-state index in [0.29, 0.717) is 44.8 Å². The van der Waals surface area contributed by atoms with Crippen molar-refractivity contribution in [1.82, 2.24) is 9.97 Å². The van der Waals surface area contributed by atoms with Gasteiger partial charge in [-0.2, -0.15) is 0 Å². The van der Waals surface area contributed by atoms with E-state index in [1.807, 2.05) is 0 Å². The second-order valence-corrected chi connectivity index (χ2v) is 5.14. The van der Waals surface area contributed by atoms with Gasteiger partial charge in [-0.1, -0.05) is 17.7 Å². The van der Waals surface area contributed by atoms with E-state index >= 15 is 0 Å². The summed E-state index contributed by atoms with van der Waals surface area (Å²) in [6.07, 6.45) is 0. The number of ether oxygens (including phenoxy) is 2. The molecule has 0 saturated heterocycles. The summed E-state index contributed by atoms with van der Waals surface area (Å²) in [4.78, 5) is 8.69. The highest BCUT2D eigenvalue weighted by Gasteiger charge is 2.17. The van der Waals surface area contributed by atoms with Crippen molar-refractivity contribution >= 4 is 33.3 Å². The fraction of sp³-hybridized carbons (Fsp3) is 0.231. The molecular formula is C13H13BrClN3O2. The molecule has 0 aliphatic heterocycles. The Hall–Kier alpha value is -1.37. The predicted octanol–water partition coefficient (Wildman–Crippen LogP) is 3.30. The molecule has 2 rings (SSSR count). The third-order valence-electron chi connectivity index (χ3n) is 2.65. The smallest absolute Gasteiger partial charge is 0.167 e. The van der Waals surface area contributed by atoms with Crippen molar-refractivity contribution in [3.05, 3.63) is 33.4 Å². The molecule has 0 atom stereocenters. The number of nitrogens with zero attached hydrogens (tertiary/aromatic N) is 2. The fourth-order valence-corrected chi connectivity index (χ4v) is 2.29. The quantitative estimate of drug-likeness (QED) is 0.908. The summed E-state index contributed by atoms with van der Waals surface area (Å²) in [6.45, 7) is 0.313. The summed E-state index contributed by atoms with van der Waals surface area (Å²) in [5, 5.41) is 0.495. The number of methoxy groups -OCH3 is 2. The first kappa shape index (κ1) is 15.0. The van der Waals surface area contributed by atoms with Crippen LogP contribution in [0.2, 0.25) is 5.02 Å². The lowest BCUT2D eigenvalue weighted by molar-refractivity contribution is 0.181. The van der Waals surface area contributed by atoms with Crippen LogP contribution in [0.5, 0.6) is 5.75 Å². The van der Waals surface area contributed by atoms with Crippen LogP contribution in [0.25, 0.3) is 11.4 Å².